The zero-order valence-electron chi connectivity index (χ0n) is 9.01. The van der Waals surface area contributed by atoms with Crippen LogP contribution in [0.5, 0.6) is 0 Å². The maximum Gasteiger partial charge on any atom is 0.314 e. The molecule has 0 bridgehead atoms. The second-order valence-corrected chi connectivity index (χ2v) is 6.40. The van der Waals surface area contributed by atoms with Crippen molar-refractivity contribution in [2.24, 2.45) is 0 Å². The molecule has 1 aliphatic heterocycles. The summed E-state index contributed by atoms with van der Waals surface area (Å²) in [4.78, 5) is 11.5. The predicted molar refractivity (Wildman–Crippen MR) is 62.6 cm³/mol. The molecule has 80 valence electrons. The summed E-state index contributed by atoms with van der Waals surface area (Å²) in [7, 11) is -0.476. The molecule has 1 saturated heterocycles. The Kier molecular flexibility index (Phi) is 3.06. The van der Waals surface area contributed by atoms with Crippen LogP contribution >= 0.6 is 7.92 Å². The van der Waals surface area contributed by atoms with Crippen molar-refractivity contribution >= 4 is 19.2 Å². The van der Waals surface area contributed by atoms with Crippen LogP contribution in [0.2, 0.25) is 0 Å². The zero-order chi connectivity index (χ0) is 10.8. The molecule has 1 aromatic carbocycles. The normalized spacial score (nSPS) is 30.3. The molecule has 0 radical (unpaired) electrons. The van der Waals surface area contributed by atoms with E-state index in [-0.39, 0.29) is 17.5 Å². The molecule has 0 unspecified atom stereocenters. The standard InChI is InChI=1S/C12H15O2P/c1-3-11-14-12(13)9(2)15(11)10-7-5-4-6-8-10/h4-9,11H,3H2,1-2H3/t9-,11+,15+/m0/s1. The molecule has 2 rings (SSSR count). The van der Waals surface area contributed by atoms with Gasteiger partial charge in [0.2, 0.25) is 0 Å². The Morgan fingerprint density at radius 2 is 2.00 bits per heavy atom. The number of carbonyl (C=O) groups is 1. The molecule has 0 aliphatic carbocycles. The van der Waals surface area contributed by atoms with Gasteiger partial charge in [-0.25, -0.2) is 0 Å². The first-order valence-corrected chi connectivity index (χ1v) is 6.76. The molecule has 3 heteroatoms. The number of carbonyl (C=O) groups excluding carboxylic acids is 1. The van der Waals surface area contributed by atoms with Crippen molar-refractivity contribution in [3.05, 3.63) is 30.3 Å². The van der Waals surface area contributed by atoms with Crippen LogP contribution in [-0.4, -0.2) is 17.5 Å². The highest BCUT2D eigenvalue weighted by Crippen LogP contribution is 2.52. The van der Waals surface area contributed by atoms with Crippen LogP contribution in [0, 0.1) is 0 Å². The maximum atomic E-state index is 11.5. The van der Waals surface area contributed by atoms with Gasteiger partial charge in [0.1, 0.15) is 5.85 Å². The highest BCUT2D eigenvalue weighted by atomic mass is 31.1. The van der Waals surface area contributed by atoms with Gasteiger partial charge in [-0.1, -0.05) is 37.3 Å². The van der Waals surface area contributed by atoms with Crippen LogP contribution in [0.1, 0.15) is 20.3 Å². The van der Waals surface area contributed by atoms with E-state index in [2.05, 4.69) is 19.1 Å². The number of esters is 1. The number of benzene rings is 1. The maximum absolute atomic E-state index is 11.5. The van der Waals surface area contributed by atoms with Gasteiger partial charge < -0.3 is 4.74 Å². The number of cyclic esters (lactones) is 1. The molecular formula is C12H15O2P. The quantitative estimate of drug-likeness (QED) is 0.567. The van der Waals surface area contributed by atoms with E-state index in [1.165, 1.54) is 5.30 Å². The largest absolute Gasteiger partial charge is 0.457 e. The third-order valence-electron chi connectivity index (χ3n) is 2.72. The fourth-order valence-electron chi connectivity index (χ4n) is 1.92. The molecule has 1 aromatic rings. The topological polar surface area (TPSA) is 26.3 Å². The number of rotatable bonds is 2. The minimum atomic E-state index is -0.476. The lowest BCUT2D eigenvalue weighted by atomic mass is 10.4. The van der Waals surface area contributed by atoms with Crippen molar-refractivity contribution in [3.63, 3.8) is 0 Å². The van der Waals surface area contributed by atoms with Gasteiger partial charge >= 0.3 is 5.97 Å². The fourth-order valence-corrected chi connectivity index (χ4v) is 4.62. The second kappa shape index (κ2) is 4.32. The van der Waals surface area contributed by atoms with E-state index in [4.69, 9.17) is 4.74 Å². The summed E-state index contributed by atoms with van der Waals surface area (Å²) in [5.74, 6) is 0.0849. The molecule has 15 heavy (non-hydrogen) atoms. The molecule has 0 amide bonds. The Morgan fingerprint density at radius 3 is 2.60 bits per heavy atom. The smallest absolute Gasteiger partial charge is 0.314 e. The molecule has 0 saturated carbocycles. The highest BCUT2D eigenvalue weighted by Gasteiger charge is 2.41. The first-order chi connectivity index (χ1) is 7.24. The summed E-state index contributed by atoms with van der Waals surface area (Å²) < 4.78 is 5.38. The summed E-state index contributed by atoms with van der Waals surface area (Å²) in [6, 6.07) is 10.3. The first-order valence-electron chi connectivity index (χ1n) is 5.28. The van der Waals surface area contributed by atoms with Crippen LogP contribution in [0.4, 0.5) is 0 Å². The van der Waals surface area contributed by atoms with E-state index in [1.54, 1.807) is 0 Å². The SMILES string of the molecule is CC[C@@H]1OC(=O)[C@H](C)[P@]1c1ccccc1. The van der Waals surface area contributed by atoms with Crippen molar-refractivity contribution in [1.82, 2.24) is 0 Å². The van der Waals surface area contributed by atoms with Crippen molar-refractivity contribution < 1.29 is 9.53 Å². The lowest BCUT2D eigenvalue weighted by Crippen LogP contribution is -2.13. The minimum Gasteiger partial charge on any atom is -0.457 e. The second-order valence-electron chi connectivity index (χ2n) is 3.72. The first kappa shape index (κ1) is 10.6. The van der Waals surface area contributed by atoms with Gasteiger partial charge in [-0.15, -0.1) is 0 Å². The zero-order valence-corrected chi connectivity index (χ0v) is 9.91. The number of hydrogen-bond acceptors (Lipinski definition) is 2. The van der Waals surface area contributed by atoms with E-state index in [0.717, 1.165) is 6.42 Å². The van der Waals surface area contributed by atoms with Crippen molar-refractivity contribution in [2.75, 3.05) is 0 Å². The number of hydrogen-bond donors (Lipinski definition) is 0. The lowest BCUT2D eigenvalue weighted by Gasteiger charge is -2.18. The molecule has 1 fully saturated rings. The van der Waals surface area contributed by atoms with Crippen LogP contribution < -0.4 is 5.30 Å². The molecule has 2 nitrogen and oxygen atoms in total. The van der Waals surface area contributed by atoms with E-state index in [9.17, 15) is 4.79 Å². The minimum absolute atomic E-state index is 0.0307. The summed E-state index contributed by atoms with van der Waals surface area (Å²) >= 11 is 0. The average Bonchev–Trinajstić information content (AvgIpc) is 2.56. The Balaban J connectivity index is 2.30. The third kappa shape index (κ3) is 1.91. The molecule has 1 aliphatic rings. The highest BCUT2D eigenvalue weighted by molar-refractivity contribution is 7.68. The van der Waals surface area contributed by atoms with Gasteiger partial charge in [-0.3, -0.25) is 4.79 Å². The summed E-state index contributed by atoms with van der Waals surface area (Å²) in [5.41, 5.74) is 0.0485. The van der Waals surface area contributed by atoms with Crippen molar-refractivity contribution in [1.29, 1.82) is 0 Å². The molecule has 0 aromatic heterocycles. The fraction of sp³-hybridized carbons (Fsp3) is 0.417. The summed E-state index contributed by atoms with van der Waals surface area (Å²) in [6.45, 7) is 4.06. The van der Waals surface area contributed by atoms with E-state index < -0.39 is 7.92 Å². The van der Waals surface area contributed by atoms with Crippen LogP contribution in [-0.2, 0) is 9.53 Å². The Hall–Kier alpha value is -0.880. The van der Waals surface area contributed by atoms with Crippen LogP contribution in [0.25, 0.3) is 0 Å². The van der Waals surface area contributed by atoms with Crippen LogP contribution in [0.3, 0.4) is 0 Å². The average molecular weight is 222 g/mol. The molecule has 3 atom stereocenters. The molecular weight excluding hydrogens is 207 g/mol. The Morgan fingerprint density at radius 1 is 1.33 bits per heavy atom. The van der Waals surface area contributed by atoms with E-state index in [0.29, 0.717) is 0 Å². The predicted octanol–water partition coefficient (Wildman–Crippen LogP) is 2.48. The monoisotopic (exact) mass is 222 g/mol. The Labute approximate surface area is 91.4 Å². The van der Waals surface area contributed by atoms with Crippen molar-refractivity contribution in [2.45, 2.75) is 31.8 Å². The van der Waals surface area contributed by atoms with Crippen LogP contribution in [0.15, 0.2) is 30.3 Å². The molecule has 0 spiro atoms. The van der Waals surface area contributed by atoms with Gasteiger partial charge in [-0.05, 0) is 26.6 Å². The van der Waals surface area contributed by atoms with E-state index in [1.807, 2.05) is 25.1 Å². The van der Waals surface area contributed by atoms with Gasteiger partial charge in [0.25, 0.3) is 0 Å². The van der Waals surface area contributed by atoms with E-state index >= 15 is 0 Å². The van der Waals surface area contributed by atoms with Gasteiger partial charge in [0, 0.05) is 0 Å². The molecule has 1 heterocycles. The van der Waals surface area contributed by atoms with Crippen molar-refractivity contribution in [3.8, 4) is 0 Å². The lowest BCUT2D eigenvalue weighted by molar-refractivity contribution is -0.142. The summed E-state index contributed by atoms with van der Waals surface area (Å²) in [5, 5.41) is 1.28. The van der Waals surface area contributed by atoms with Gasteiger partial charge in [0.15, 0.2) is 0 Å². The summed E-state index contributed by atoms with van der Waals surface area (Å²) in [6.07, 6.45) is 0.913. The number of ether oxygens (including phenoxy) is 1. The third-order valence-corrected chi connectivity index (χ3v) is 5.76. The Bertz CT molecular complexity index is 350. The van der Waals surface area contributed by atoms with Gasteiger partial charge in [-0.2, -0.15) is 0 Å². The molecule has 0 N–H and O–H groups in total. The van der Waals surface area contributed by atoms with Gasteiger partial charge in [0.05, 0.1) is 5.66 Å².